The summed E-state index contributed by atoms with van der Waals surface area (Å²) < 4.78 is 21.5. The second-order valence-corrected chi connectivity index (χ2v) is 9.04. The van der Waals surface area contributed by atoms with E-state index in [1.807, 2.05) is 31.2 Å². The smallest absolute Gasteiger partial charge is 0.338 e. The van der Waals surface area contributed by atoms with E-state index in [4.69, 9.17) is 14.9 Å². The Morgan fingerprint density at radius 3 is 2.41 bits per heavy atom. The van der Waals surface area contributed by atoms with Crippen molar-refractivity contribution in [1.82, 2.24) is 30.5 Å². The van der Waals surface area contributed by atoms with Crippen molar-refractivity contribution in [1.29, 1.82) is 0 Å². The van der Waals surface area contributed by atoms with Crippen LogP contribution < -0.4 is 10.9 Å². The van der Waals surface area contributed by atoms with E-state index in [9.17, 15) is 9.59 Å². The van der Waals surface area contributed by atoms with Crippen molar-refractivity contribution in [3.63, 3.8) is 0 Å². The quantitative estimate of drug-likeness (QED) is 0.150. The summed E-state index contributed by atoms with van der Waals surface area (Å²) in [4.78, 5) is 24.8. The van der Waals surface area contributed by atoms with Crippen molar-refractivity contribution < 1.29 is 24.1 Å². The first-order valence-electron chi connectivity index (χ1n) is 13.3. The van der Waals surface area contributed by atoms with Crippen LogP contribution in [0, 0.1) is 5.82 Å². The Morgan fingerprint density at radius 1 is 1.07 bits per heavy atom. The van der Waals surface area contributed by atoms with Crippen LogP contribution in [0.25, 0.3) is 22.5 Å². The number of benzene rings is 2. The summed E-state index contributed by atoms with van der Waals surface area (Å²) in [5, 5.41) is 33.2. The van der Waals surface area contributed by atoms with Gasteiger partial charge in [-0.05, 0) is 41.3 Å². The summed E-state index contributed by atoms with van der Waals surface area (Å²) in [6, 6.07) is 15.2. The monoisotopic (exact) mass is 566 g/mol. The third-order valence-electron chi connectivity index (χ3n) is 6.20. The number of hydrogen-bond acceptors (Lipinski definition) is 9. The zero-order valence-electron chi connectivity index (χ0n) is 23.1. The molecule has 4 N–H and O–H groups in total. The van der Waals surface area contributed by atoms with Gasteiger partial charge in [-0.2, -0.15) is 5.21 Å². The van der Waals surface area contributed by atoms with Crippen LogP contribution in [0.15, 0.2) is 59.4 Å². The van der Waals surface area contributed by atoms with Gasteiger partial charge in [0.2, 0.25) is 5.82 Å². The topological polar surface area (TPSA) is 155 Å². The lowest BCUT2D eigenvalue weighted by Gasteiger charge is -2.15. The van der Waals surface area contributed by atoms with Crippen LogP contribution in [0.1, 0.15) is 41.4 Å². The molecule has 0 aliphatic rings. The van der Waals surface area contributed by atoms with Crippen LogP contribution in [0.2, 0.25) is 0 Å². The number of carbonyl (C=O) groups is 1. The molecule has 2 heterocycles. The van der Waals surface area contributed by atoms with E-state index in [1.54, 1.807) is 18.2 Å². The molecule has 0 aliphatic heterocycles. The van der Waals surface area contributed by atoms with Gasteiger partial charge in [-0.15, -0.1) is 10.2 Å². The summed E-state index contributed by atoms with van der Waals surface area (Å²) in [6.07, 6.45) is 2.34. The highest BCUT2D eigenvalue weighted by Gasteiger charge is 2.16. The summed E-state index contributed by atoms with van der Waals surface area (Å²) in [7, 11) is 1.27. The Bertz CT molecular complexity index is 1450. The molecule has 0 saturated heterocycles. The molecule has 4 rings (SSSR count). The van der Waals surface area contributed by atoms with Crippen molar-refractivity contribution in [3.05, 3.63) is 87.6 Å². The number of esters is 1. The molecule has 0 bridgehead atoms. The number of nitrogens with one attached hydrogen (secondary N) is 2. The van der Waals surface area contributed by atoms with Gasteiger partial charge in [-0.25, -0.2) is 9.18 Å². The molecule has 0 saturated carbocycles. The van der Waals surface area contributed by atoms with E-state index in [2.05, 4.69) is 25.9 Å². The molecule has 41 heavy (non-hydrogen) atoms. The molecule has 12 heteroatoms. The summed E-state index contributed by atoms with van der Waals surface area (Å²) >= 11 is 0. The molecule has 0 fully saturated rings. The number of halogens is 1. The molecule has 11 nitrogen and oxygen atoms in total. The lowest BCUT2D eigenvalue weighted by Crippen LogP contribution is -2.26. The Kier molecular flexibility index (Phi) is 12.3. The van der Waals surface area contributed by atoms with Gasteiger partial charge in [0.05, 0.1) is 32.4 Å². The van der Waals surface area contributed by atoms with Crippen LogP contribution in [0.4, 0.5) is 4.39 Å². The zero-order chi connectivity index (χ0) is 29.6. The highest BCUT2D eigenvalue weighted by Crippen LogP contribution is 2.30. The first kappa shape index (κ1) is 31.3. The average Bonchev–Trinajstić information content (AvgIpc) is 3.53. The maximum atomic E-state index is 15.2. The molecule has 4 aromatic rings. The number of aliphatic hydroxyl groups excluding tert-OH is 2. The van der Waals surface area contributed by atoms with Gasteiger partial charge in [0.15, 0.2) is 0 Å². The fourth-order valence-electron chi connectivity index (χ4n) is 4.13. The molecular weight excluding hydrogens is 531 g/mol. The van der Waals surface area contributed by atoms with Crippen molar-refractivity contribution in [2.75, 3.05) is 33.4 Å². The number of unbranched alkanes of at least 4 members (excludes halogenated alkanes) is 1. The minimum absolute atomic E-state index is 0.0535. The summed E-state index contributed by atoms with van der Waals surface area (Å²) in [6.45, 7) is 3.51. The number of carbonyl (C=O) groups excluding carboxylic acids is 1. The van der Waals surface area contributed by atoms with Crippen molar-refractivity contribution in [2.24, 2.45) is 0 Å². The highest BCUT2D eigenvalue weighted by atomic mass is 19.1. The Balaban J connectivity index is 0.000000587. The number of tetrazole rings is 1. The fraction of sp³-hybridized carbons (Fsp3) is 0.345. The van der Waals surface area contributed by atoms with Crippen LogP contribution in [0.3, 0.4) is 0 Å². The number of nitrogens with zero attached hydrogens (tertiary/aromatic N) is 4. The summed E-state index contributed by atoms with van der Waals surface area (Å²) in [5.74, 6) is -0.596. The van der Waals surface area contributed by atoms with Gasteiger partial charge in [-0.1, -0.05) is 49.7 Å². The fourth-order valence-corrected chi connectivity index (χ4v) is 4.13. The maximum absolute atomic E-state index is 15.2. The Labute approximate surface area is 237 Å². The molecule has 0 unspecified atom stereocenters. The largest absolute Gasteiger partial charge is 0.465 e. The number of rotatable bonds is 12. The van der Waals surface area contributed by atoms with Gasteiger partial charge in [0, 0.05) is 36.0 Å². The summed E-state index contributed by atoms with van der Waals surface area (Å²) in [5.41, 5.74) is 2.99. The van der Waals surface area contributed by atoms with Crippen molar-refractivity contribution in [3.8, 4) is 22.5 Å². The van der Waals surface area contributed by atoms with E-state index in [0.29, 0.717) is 42.2 Å². The molecule has 0 spiro atoms. The number of aromatic amines is 1. The molecule has 218 valence electrons. The predicted octanol–water partition coefficient (Wildman–Crippen LogP) is 2.57. The van der Waals surface area contributed by atoms with Crippen molar-refractivity contribution in [2.45, 2.75) is 32.7 Å². The highest BCUT2D eigenvalue weighted by molar-refractivity contribution is 5.89. The number of methoxy groups -OCH3 is 1. The van der Waals surface area contributed by atoms with E-state index in [-0.39, 0.29) is 30.9 Å². The van der Waals surface area contributed by atoms with Gasteiger partial charge >= 0.3 is 5.97 Å². The molecule has 0 amide bonds. The van der Waals surface area contributed by atoms with E-state index >= 15 is 4.39 Å². The maximum Gasteiger partial charge on any atom is 0.338 e. The normalized spacial score (nSPS) is 10.7. The van der Waals surface area contributed by atoms with Gasteiger partial charge in [0.25, 0.3) is 5.56 Å². The SMILES string of the molecule is CCCCc1cc(C(=O)OC)cc(=O)n1Cc1ccc(-c2ccccc2-c2nn[nH]n2)cc1F.OCCNCCO. The minimum atomic E-state index is -0.571. The van der Waals surface area contributed by atoms with E-state index in [1.165, 1.54) is 23.8 Å². The Morgan fingerprint density at radius 2 is 1.80 bits per heavy atom. The average molecular weight is 567 g/mol. The zero-order valence-corrected chi connectivity index (χ0v) is 23.1. The predicted molar refractivity (Wildman–Crippen MR) is 152 cm³/mol. The van der Waals surface area contributed by atoms with E-state index < -0.39 is 11.8 Å². The van der Waals surface area contributed by atoms with Crippen LogP contribution in [0.5, 0.6) is 0 Å². The number of aliphatic hydroxyl groups is 2. The molecule has 2 aromatic carbocycles. The molecule has 2 aromatic heterocycles. The minimum Gasteiger partial charge on any atom is -0.465 e. The molecule has 0 aliphatic carbocycles. The number of aromatic nitrogens is 5. The number of pyridine rings is 1. The van der Waals surface area contributed by atoms with Gasteiger partial charge in [-0.3, -0.25) is 4.79 Å². The second kappa shape index (κ2) is 16.1. The number of ether oxygens (including phenoxy) is 1. The van der Waals surface area contributed by atoms with E-state index in [0.717, 1.165) is 24.0 Å². The lowest BCUT2D eigenvalue weighted by molar-refractivity contribution is 0.0600. The third kappa shape index (κ3) is 8.61. The molecule has 0 atom stereocenters. The molecular formula is C29H35FN6O5. The van der Waals surface area contributed by atoms with Gasteiger partial charge < -0.3 is 24.8 Å². The first-order valence-corrected chi connectivity index (χ1v) is 13.3. The second-order valence-electron chi connectivity index (χ2n) is 9.04. The lowest BCUT2D eigenvalue weighted by atomic mass is 9.98. The Hall–Kier alpha value is -4.26. The molecule has 0 radical (unpaired) electrons. The number of hydrogen-bond donors (Lipinski definition) is 4. The van der Waals surface area contributed by atoms with Crippen LogP contribution >= 0.6 is 0 Å². The standard InChI is InChI=1S/C25H24FN5O3.C4H11NO2/c1-3-4-7-19-12-18(25(33)34-2)14-23(32)31(19)15-17-11-10-16(13-22(17)26)20-8-5-6-9-21(20)24-27-29-30-28-24;6-3-1-5-2-4-7/h5-6,8-14H,3-4,7,15H2,1-2H3,(H,27,28,29,30);5-7H,1-4H2. The number of H-pyrrole nitrogens is 1. The third-order valence-corrected chi connectivity index (χ3v) is 6.20. The first-order chi connectivity index (χ1) is 19.9. The van der Waals surface area contributed by atoms with Gasteiger partial charge in [0.1, 0.15) is 5.82 Å². The number of aryl methyl sites for hydroxylation is 1. The van der Waals surface area contributed by atoms with Crippen LogP contribution in [-0.4, -0.2) is 74.8 Å². The van der Waals surface area contributed by atoms with Crippen molar-refractivity contribution >= 4 is 5.97 Å². The van der Waals surface area contributed by atoms with Crippen LogP contribution in [-0.2, 0) is 17.7 Å².